The van der Waals surface area contributed by atoms with Gasteiger partial charge in [0.05, 0.1) is 28.3 Å². The Morgan fingerprint density at radius 3 is 2.35 bits per heavy atom. The average molecular weight is 463 g/mol. The van der Waals surface area contributed by atoms with Crippen LogP contribution in [0.3, 0.4) is 0 Å². The molecule has 0 aliphatic rings. The molecule has 6 nitrogen and oxygen atoms in total. The Hall–Kier alpha value is -3.10. The highest BCUT2D eigenvalue weighted by atomic mass is 35.5. The summed E-state index contributed by atoms with van der Waals surface area (Å²) >= 11 is 6.14. The number of nitrogens with one attached hydrogen (secondary N) is 1. The van der Waals surface area contributed by atoms with Crippen LogP contribution >= 0.6 is 11.6 Å². The minimum Gasteiger partial charge on any atom is -0.497 e. The number of anilines is 2. The van der Waals surface area contributed by atoms with Crippen LogP contribution in [0, 0.1) is 12.7 Å². The normalized spacial score (nSPS) is 11.1. The van der Waals surface area contributed by atoms with Gasteiger partial charge in [-0.3, -0.25) is 9.10 Å². The first-order valence-electron chi connectivity index (χ1n) is 9.13. The lowest BCUT2D eigenvalue weighted by Crippen LogP contribution is -2.27. The van der Waals surface area contributed by atoms with E-state index in [-0.39, 0.29) is 21.2 Å². The summed E-state index contributed by atoms with van der Waals surface area (Å²) < 4.78 is 46.1. The molecule has 0 aliphatic heterocycles. The van der Waals surface area contributed by atoms with Crippen LogP contribution in [0.1, 0.15) is 15.9 Å². The number of amides is 1. The summed E-state index contributed by atoms with van der Waals surface area (Å²) in [5.74, 6) is -0.536. The number of rotatable bonds is 6. The Kier molecular flexibility index (Phi) is 6.52. The van der Waals surface area contributed by atoms with E-state index >= 15 is 0 Å². The zero-order valence-electron chi connectivity index (χ0n) is 17.0. The molecular formula is C22H20ClFN2O4S. The first-order valence-corrected chi connectivity index (χ1v) is 11.0. The van der Waals surface area contributed by atoms with Crippen molar-refractivity contribution in [1.82, 2.24) is 0 Å². The Balaban J connectivity index is 1.91. The number of aryl methyl sites for hydroxylation is 1. The molecule has 3 aromatic rings. The molecular weight excluding hydrogens is 443 g/mol. The second kappa shape index (κ2) is 8.95. The highest BCUT2D eigenvalue weighted by Gasteiger charge is 2.24. The molecule has 0 fully saturated rings. The topological polar surface area (TPSA) is 75.7 Å². The van der Waals surface area contributed by atoms with E-state index in [1.165, 1.54) is 44.5 Å². The minimum absolute atomic E-state index is 0.0492. The van der Waals surface area contributed by atoms with Crippen molar-refractivity contribution in [2.45, 2.75) is 11.8 Å². The van der Waals surface area contributed by atoms with Crippen LogP contribution in [0.4, 0.5) is 15.8 Å². The summed E-state index contributed by atoms with van der Waals surface area (Å²) in [5, 5.41) is 2.60. The number of halogens is 2. The largest absolute Gasteiger partial charge is 0.497 e. The number of ether oxygens (including phenoxy) is 1. The van der Waals surface area contributed by atoms with Gasteiger partial charge in [-0.15, -0.1) is 0 Å². The van der Waals surface area contributed by atoms with Crippen LogP contribution in [-0.2, 0) is 10.0 Å². The molecule has 0 heterocycles. The van der Waals surface area contributed by atoms with Crippen LogP contribution in [0.15, 0.2) is 65.6 Å². The molecule has 1 amide bonds. The molecule has 31 heavy (non-hydrogen) atoms. The van der Waals surface area contributed by atoms with Crippen molar-refractivity contribution in [3.8, 4) is 5.75 Å². The number of carbonyl (C=O) groups is 1. The maximum atomic E-state index is 13.8. The fourth-order valence-corrected chi connectivity index (χ4v) is 4.22. The molecule has 0 aliphatic carbocycles. The van der Waals surface area contributed by atoms with Crippen molar-refractivity contribution in [3.63, 3.8) is 0 Å². The zero-order chi connectivity index (χ0) is 22.8. The van der Waals surface area contributed by atoms with Crippen molar-refractivity contribution in [1.29, 1.82) is 0 Å². The van der Waals surface area contributed by atoms with Gasteiger partial charge >= 0.3 is 0 Å². The molecule has 0 unspecified atom stereocenters. The maximum Gasteiger partial charge on any atom is 0.264 e. The van der Waals surface area contributed by atoms with E-state index < -0.39 is 21.7 Å². The molecule has 0 bridgehead atoms. The van der Waals surface area contributed by atoms with Gasteiger partial charge in [-0.25, -0.2) is 12.8 Å². The molecule has 1 N–H and O–H groups in total. The van der Waals surface area contributed by atoms with Crippen LogP contribution < -0.4 is 14.4 Å². The third kappa shape index (κ3) is 4.81. The number of carbonyl (C=O) groups excluding carboxylic acids is 1. The summed E-state index contributed by atoms with van der Waals surface area (Å²) in [6, 6.07) is 14.6. The molecule has 3 rings (SSSR count). The number of methoxy groups -OCH3 is 1. The van der Waals surface area contributed by atoms with Crippen LogP contribution in [0.25, 0.3) is 0 Å². The van der Waals surface area contributed by atoms with Gasteiger partial charge in [0.15, 0.2) is 0 Å². The molecule has 0 saturated heterocycles. The molecule has 0 radical (unpaired) electrons. The van der Waals surface area contributed by atoms with Gasteiger partial charge in [0, 0.05) is 12.7 Å². The predicted molar refractivity (Wildman–Crippen MR) is 119 cm³/mol. The SMILES string of the molecule is COc1ccc(N(C)S(=O)(=O)c2ccc(Cl)c(C(=O)Nc3ccc(C)c(F)c3)c2)cc1. The maximum absolute atomic E-state index is 13.8. The van der Waals surface area contributed by atoms with E-state index in [9.17, 15) is 17.6 Å². The second-order valence-electron chi connectivity index (χ2n) is 6.73. The quantitative estimate of drug-likeness (QED) is 0.566. The van der Waals surface area contributed by atoms with Crippen molar-refractivity contribution < 1.29 is 22.3 Å². The number of nitrogens with zero attached hydrogens (tertiary/aromatic N) is 1. The van der Waals surface area contributed by atoms with Crippen LogP contribution in [0.2, 0.25) is 5.02 Å². The Morgan fingerprint density at radius 2 is 1.74 bits per heavy atom. The van der Waals surface area contributed by atoms with Crippen molar-refractivity contribution >= 4 is 38.9 Å². The molecule has 0 atom stereocenters. The fraction of sp³-hybridized carbons (Fsp3) is 0.136. The van der Waals surface area contributed by atoms with Gasteiger partial charge in [0.2, 0.25) is 0 Å². The fourth-order valence-electron chi connectivity index (χ4n) is 2.80. The summed E-state index contributed by atoms with van der Waals surface area (Å²) in [4.78, 5) is 12.6. The Bertz CT molecular complexity index is 1230. The average Bonchev–Trinajstić information content (AvgIpc) is 2.76. The first kappa shape index (κ1) is 22.6. The van der Waals surface area contributed by atoms with Gasteiger partial charge in [-0.05, 0) is 67.1 Å². The van der Waals surface area contributed by atoms with Crippen molar-refractivity contribution in [2.24, 2.45) is 0 Å². The van der Waals surface area contributed by atoms with Gasteiger partial charge in [-0.1, -0.05) is 17.7 Å². The third-order valence-corrected chi connectivity index (χ3v) is 6.82. The first-order chi connectivity index (χ1) is 14.6. The summed E-state index contributed by atoms with van der Waals surface area (Å²) in [7, 11) is -1.06. The van der Waals surface area contributed by atoms with E-state index in [0.717, 1.165) is 4.31 Å². The van der Waals surface area contributed by atoms with Crippen LogP contribution in [-0.4, -0.2) is 28.5 Å². The number of hydrogen-bond donors (Lipinski definition) is 1. The summed E-state index contributed by atoms with van der Waals surface area (Å²) in [6.45, 7) is 1.60. The van der Waals surface area contributed by atoms with Gasteiger partial charge in [0.1, 0.15) is 11.6 Å². The molecule has 0 aromatic heterocycles. The van der Waals surface area contributed by atoms with E-state index in [1.54, 1.807) is 37.3 Å². The van der Waals surface area contributed by atoms with E-state index in [0.29, 0.717) is 17.0 Å². The molecule has 162 valence electrons. The monoisotopic (exact) mass is 462 g/mol. The number of hydrogen-bond acceptors (Lipinski definition) is 4. The van der Waals surface area contributed by atoms with Gasteiger partial charge in [-0.2, -0.15) is 0 Å². The van der Waals surface area contributed by atoms with Crippen molar-refractivity contribution in [2.75, 3.05) is 23.8 Å². The van der Waals surface area contributed by atoms with Crippen LogP contribution in [0.5, 0.6) is 5.75 Å². The van der Waals surface area contributed by atoms with E-state index in [1.807, 2.05) is 0 Å². The highest BCUT2D eigenvalue weighted by Crippen LogP contribution is 2.27. The Morgan fingerprint density at radius 1 is 1.06 bits per heavy atom. The second-order valence-corrected chi connectivity index (χ2v) is 9.11. The lowest BCUT2D eigenvalue weighted by molar-refractivity contribution is 0.102. The number of benzene rings is 3. The van der Waals surface area contributed by atoms with Crippen molar-refractivity contribution in [3.05, 3.63) is 82.6 Å². The summed E-state index contributed by atoms with van der Waals surface area (Å²) in [6.07, 6.45) is 0. The minimum atomic E-state index is -3.98. The zero-order valence-corrected chi connectivity index (χ0v) is 18.6. The lowest BCUT2D eigenvalue weighted by atomic mass is 10.2. The third-order valence-electron chi connectivity index (χ3n) is 4.71. The van der Waals surface area contributed by atoms with E-state index in [2.05, 4.69) is 5.32 Å². The summed E-state index contributed by atoms with van der Waals surface area (Å²) in [5.41, 5.74) is 1.03. The van der Waals surface area contributed by atoms with E-state index in [4.69, 9.17) is 16.3 Å². The molecule has 0 spiro atoms. The highest BCUT2D eigenvalue weighted by molar-refractivity contribution is 7.92. The number of sulfonamides is 1. The molecule has 3 aromatic carbocycles. The van der Waals surface area contributed by atoms with Gasteiger partial charge in [0.25, 0.3) is 15.9 Å². The smallest absolute Gasteiger partial charge is 0.264 e. The molecule has 9 heteroatoms. The van der Waals surface area contributed by atoms with Gasteiger partial charge < -0.3 is 10.1 Å². The lowest BCUT2D eigenvalue weighted by Gasteiger charge is -2.20. The molecule has 0 saturated carbocycles. The predicted octanol–water partition coefficient (Wildman–Crippen LogP) is 4.87. The Labute approximate surface area is 185 Å². The standard InChI is InChI=1S/C22H20ClFN2O4S/c1-14-4-5-15(12-21(14)24)25-22(27)19-13-18(10-11-20(19)23)31(28,29)26(2)16-6-8-17(30-3)9-7-16/h4-13H,1-3H3,(H,25,27).